The summed E-state index contributed by atoms with van der Waals surface area (Å²) < 4.78 is 51.1. The van der Waals surface area contributed by atoms with Gasteiger partial charge in [-0.2, -0.15) is 13.2 Å². The van der Waals surface area contributed by atoms with Gasteiger partial charge in [-0.1, -0.05) is 12.1 Å². The number of para-hydroxylation sites is 2. The number of aryl methyl sites for hydroxylation is 1. The lowest BCUT2D eigenvalue weighted by molar-refractivity contribution is -0.152. The van der Waals surface area contributed by atoms with Crippen molar-refractivity contribution in [3.8, 4) is 0 Å². The van der Waals surface area contributed by atoms with Gasteiger partial charge in [-0.25, -0.2) is 9.78 Å². The number of fused-ring (bicyclic) bond motifs is 1. The molecule has 1 unspecified atom stereocenters. The number of nitrogens with zero attached hydrogens (tertiary/aromatic N) is 2. The van der Waals surface area contributed by atoms with Crippen LogP contribution in [0.3, 0.4) is 0 Å². The molecule has 0 aliphatic rings. The van der Waals surface area contributed by atoms with Gasteiger partial charge in [-0.3, -0.25) is 9.59 Å². The number of hydrogen-bond donors (Lipinski definition) is 1. The number of rotatable bonds is 7. The van der Waals surface area contributed by atoms with Gasteiger partial charge in [-0.05, 0) is 45.4 Å². The summed E-state index contributed by atoms with van der Waals surface area (Å²) >= 11 is 0. The molecule has 3 rings (SSSR count). The van der Waals surface area contributed by atoms with Crippen molar-refractivity contribution >= 4 is 28.8 Å². The quantitative estimate of drug-likeness (QED) is 0.418. The van der Waals surface area contributed by atoms with Crippen molar-refractivity contribution in [2.45, 2.75) is 46.5 Å². The number of halogens is 3. The van der Waals surface area contributed by atoms with Gasteiger partial charge in [0.25, 0.3) is 0 Å². The van der Waals surface area contributed by atoms with Crippen LogP contribution < -0.4 is 0 Å². The van der Waals surface area contributed by atoms with E-state index in [-0.39, 0.29) is 28.9 Å². The molecule has 8 nitrogen and oxygen atoms in total. The fourth-order valence-corrected chi connectivity index (χ4v) is 3.58. The molecule has 0 saturated heterocycles. The van der Waals surface area contributed by atoms with Gasteiger partial charge in [0.05, 0.1) is 28.9 Å². The molecule has 1 atom stereocenters. The van der Waals surface area contributed by atoms with Gasteiger partial charge in [0.15, 0.2) is 6.10 Å². The second kappa shape index (κ2) is 9.08. The molecule has 33 heavy (non-hydrogen) atoms. The molecule has 1 aromatic carbocycles. The number of carbonyl (C=O) groups excluding carboxylic acids is 3. The Kier molecular flexibility index (Phi) is 6.61. The highest BCUT2D eigenvalue weighted by Gasteiger charge is 2.38. The summed E-state index contributed by atoms with van der Waals surface area (Å²) in [5, 5.41) is 0. The molecule has 176 valence electrons. The van der Waals surface area contributed by atoms with Crippen LogP contribution in [-0.2, 0) is 27.0 Å². The zero-order chi connectivity index (χ0) is 24.5. The van der Waals surface area contributed by atoms with E-state index in [4.69, 9.17) is 9.47 Å². The summed E-state index contributed by atoms with van der Waals surface area (Å²) in [5.74, 6) is -3.52. The zero-order valence-electron chi connectivity index (χ0n) is 18.4. The van der Waals surface area contributed by atoms with Gasteiger partial charge in [-0.15, -0.1) is 0 Å². The third kappa shape index (κ3) is 4.76. The first-order valence-electron chi connectivity index (χ1n) is 10.1. The fourth-order valence-electron chi connectivity index (χ4n) is 3.58. The van der Waals surface area contributed by atoms with Gasteiger partial charge < -0.3 is 19.0 Å². The van der Waals surface area contributed by atoms with Gasteiger partial charge in [0.2, 0.25) is 11.6 Å². The van der Waals surface area contributed by atoms with E-state index in [1.54, 1.807) is 20.8 Å². The van der Waals surface area contributed by atoms with Gasteiger partial charge >= 0.3 is 18.1 Å². The Bertz CT molecular complexity index is 1230. The van der Waals surface area contributed by atoms with Gasteiger partial charge in [0.1, 0.15) is 6.54 Å². The Hall–Kier alpha value is -3.63. The van der Waals surface area contributed by atoms with Crippen LogP contribution >= 0.6 is 0 Å². The summed E-state index contributed by atoms with van der Waals surface area (Å²) in [5.41, 5.74) is 1.19. The Morgan fingerprint density at radius 3 is 2.48 bits per heavy atom. The second-order valence-electron chi connectivity index (χ2n) is 7.35. The van der Waals surface area contributed by atoms with Crippen molar-refractivity contribution in [3.63, 3.8) is 0 Å². The minimum Gasteiger partial charge on any atom is -0.462 e. The summed E-state index contributed by atoms with van der Waals surface area (Å²) in [6.07, 6.45) is -6.10. The minimum absolute atomic E-state index is 0.0555. The predicted octanol–water partition coefficient (Wildman–Crippen LogP) is 3.99. The number of carbonyl (C=O) groups is 3. The van der Waals surface area contributed by atoms with Crippen molar-refractivity contribution in [1.29, 1.82) is 0 Å². The number of Topliss-reactive ketones (excluding diaryl/α,β-unsaturated/α-hetero) is 1. The normalized spacial score (nSPS) is 12.6. The number of imidazole rings is 1. The van der Waals surface area contributed by atoms with Crippen molar-refractivity contribution in [3.05, 3.63) is 52.6 Å². The molecular weight excluding hydrogens is 443 g/mol. The number of aromatic nitrogens is 3. The number of benzene rings is 1. The molecule has 0 saturated carbocycles. The molecule has 3 aromatic rings. The Labute approximate surface area is 186 Å². The molecule has 2 heterocycles. The van der Waals surface area contributed by atoms with Crippen LogP contribution in [0, 0.1) is 13.8 Å². The van der Waals surface area contributed by atoms with Crippen molar-refractivity contribution < 1.29 is 37.0 Å². The number of ether oxygens (including phenoxy) is 2. The maximum Gasteiger partial charge on any atom is 0.449 e. The van der Waals surface area contributed by atoms with Crippen LogP contribution in [0.1, 0.15) is 51.8 Å². The molecular formula is C22H22F3N3O5. The highest BCUT2D eigenvalue weighted by Crippen LogP contribution is 2.31. The molecule has 0 radical (unpaired) electrons. The number of aromatic amines is 1. The predicted molar refractivity (Wildman–Crippen MR) is 111 cm³/mol. The highest BCUT2D eigenvalue weighted by molar-refractivity contribution is 6.04. The van der Waals surface area contributed by atoms with Crippen molar-refractivity contribution in [2.24, 2.45) is 0 Å². The maximum atomic E-state index is 13.4. The number of H-pyrrole nitrogens is 1. The second-order valence-corrected chi connectivity index (χ2v) is 7.35. The smallest absolute Gasteiger partial charge is 0.449 e. The molecule has 2 aromatic heterocycles. The maximum absolute atomic E-state index is 13.4. The molecule has 0 aliphatic heterocycles. The number of esters is 2. The monoisotopic (exact) mass is 465 g/mol. The minimum atomic E-state index is -4.79. The number of nitrogens with one attached hydrogen (secondary N) is 1. The van der Waals surface area contributed by atoms with Crippen LogP contribution in [0.25, 0.3) is 11.0 Å². The van der Waals surface area contributed by atoms with E-state index in [9.17, 15) is 27.6 Å². The molecule has 0 amide bonds. The van der Waals surface area contributed by atoms with Crippen molar-refractivity contribution in [2.75, 3.05) is 6.61 Å². The summed E-state index contributed by atoms with van der Waals surface area (Å²) in [7, 11) is 0. The summed E-state index contributed by atoms with van der Waals surface area (Å²) in [6, 6.07) is 5.86. The number of ketones is 1. The lowest BCUT2D eigenvalue weighted by Gasteiger charge is -2.14. The number of alkyl halides is 3. The average molecular weight is 465 g/mol. The average Bonchev–Trinajstić information content (AvgIpc) is 3.24. The summed E-state index contributed by atoms with van der Waals surface area (Å²) in [4.78, 5) is 43.8. The SMILES string of the molecule is CCOC(=O)c1c(C)[nH]c(C(=O)C(C)OC(=O)Cn2c(C(F)(F)F)nc3ccccc32)c1C. The lowest BCUT2D eigenvalue weighted by Crippen LogP contribution is -2.28. The molecule has 0 fully saturated rings. The molecule has 0 spiro atoms. The van der Waals surface area contributed by atoms with E-state index in [1.165, 1.54) is 31.2 Å². The largest absolute Gasteiger partial charge is 0.462 e. The van der Waals surface area contributed by atoms with Crippen molar-refractivity contribution in [1.82, 2.24) is 14.5 Å². The van der Waals surface area contributed by atoms with E-state index < -0.39 is 42.4 Å². The molecule has 1 N–H and O–H groups in total. The topological polar surface area (TPSA) is 103 Å². The van der Waals surface area contributed by atoms with E-state index in [1.807, 2.05) is 0 Å². The van der Waals surface area contributed by atoms with Crippen LogP contribution in [-0.4, -0.2) is 45.0 Å². The molecule has 0 bridgehead atoms. The van der Waals surface area contributed by atoms with E-state index in [0.717, 1.165) is 0 Å². The third-order valence-electron chi connectivity index (χ3n) is 5.04. The Balaban J connectivity index is 1.81. The first kappa shape index (κ1) is 24.0. The van der Waals surface area contributed by atoms with Crippen LogP contribution in [0.15, 0.2) is 24.3 Å². The lowest BCUT2D eigenvalue weighted by atomic mass is 10.1. The first-order valence-corrected chi connectivity index (χ1v) is 10.1. The third-order valence-corrected chi connectivity index (χ3v) is 5.04. The van der Waals surface area contributed by atoms with Crippen LogP contribution in [0.2, 0.25) is 0 Å². The molecule has 11 heteroatoms. The Morgan fingerprint density at radius 2 is 1.85 bits per heavy atom. The van der Waals surface area contributed by atoms with E-state index in [2.05, 4.69) is 9.97 Å². The first-order chi connectivity index (χ1) is 15.5. The molecule has 0 aliphatic carbocycles. The van der Waals surface area contributed by atoms with Gasteiger partial charge in [0, 0.05) is 5.69 Å². The highest BCUT2D eigenvalue weighted by atomic mass is 19.4. The fraction of sp³-hybridized carbons (Fsp3) is 0.364. The standard InChI is InChI=1S/C22H22F3N3O5/c1-5-32-20(31)17-11(2)18(26-12(17)3)19(30)13(4)33-16(29)10-28-15-9-7-6-8-14(15)27-21(28)22(23,24)25/h6-9,13,26H,5,10H2,1-4H3. The summed E-state index contributed by atoms with van der Waals surface area (Å²) in [6.45, 7) is 5.46. The van der Waals surface area contributed by atoms with E-state index in [0.29, 0.717) is 15.8 Å². The number of hydrogen-bond acceptors (Lipinski definition) is 6. The van der Waals surface area contributed by atoms with Crippen LogP contribution in [0.5, 0.6) is 0 Å². The Morgan fingerprint density at radius 1 is 1.18 bits per heavy atom. The zero-order valence-corrected chi connectivity index (χ0v) is 18.4. The van der Waals surface area contributed by atoms with E-state index >= 15 is 0 Å². The van der Waals surface area contributed by atoms with Crippen LogP contribution in [0.4, 0.5) is 13.2 Å².